The Morgan fingerprint density at radius 2 is 1.12 bits per heavy atom. The Morgan fingerprint density at radius 1 is 0.875 bits per heavy atom. The molecule has 0 radical (unpaired) electrons. The molecule has 2 atom stereocenters. The minimum atomic E-state index is -3.45. The monoisotopic (exact) mass is 268 g/mol. The van der Waals surface area contributed by atoms with Crippen molar-refractivity contribution in [2.75, 3.05) is 12.5 Å². The van der Waals surface area contributed by atoms with Crippen molar-refractivity contribution >= 4 is 20.0 Å². The van der Waals surface area contributed by atoms with Gasteiger partial charge < -0.3 is 0 Å². The maximum atomic E-state index is 11.0. The zero-order valence-electron chi connectivity index (χ0n) is 9.17. The van der Waals surface area contributed by atoms with E-state index in [-0.39, 0.29) is 0 Å². The topological polar surface area (TPSA) is 92.3 Å². The first-order valence-electron chi connectivity index (χ1n) is 4.29. The molecule has 2 N–H and O–H groups in total. The molecule has 0 amide bonds. The van der Waals surface area contributed by atoms with Crippen molar-refractivity contribution in [1.29, 1.82) is 0 Å². The molecule has 0 saturated heterocycles. The Hall–Kier alpha value is -0.700. The lowest BCUT2D eigenvalue weighted by molar-refractivity contribution is 0.536. The van der Waals surface area contributed by atoms with Gasteiger partial charge in [0.1, 0.15) is 0 Å². The first-order valence-corrected chi connectivity index (χ1v) is 8.07. The van der Waals surface area contributed by atoms with Crippen LogP contribution < -0.4 is 9.44 Å². The highest BCUT2D eigenvalue weighted by atomic mass is 32.2. The van der Waals surface area contributed by atoms with Crippen LogP contribution in [0.4, 0.5) is 0 Å². The van der Waals surface area contributed by atoms with Crippen LogP contribution in [0.5, 0.6) is 0 Å². The van der Waals surface area contributed by atoms with Crippen molar-refractivity contribution in [3.8, 4) is 0 Å². The van der Waals surface area contributed by atoms with Gasteiger partial charge >= 0.3 is 0 Å². The van der Waals surface area contributed by atoms with Crippen LogP contribution in [0.15, 0.2) is 25.3 Å². The number of rotatable bonds is 7. The minimum Gasteiger partial charge on any atom is -0.213 e. The van der Waals surface area contributed by atoms with Crippen molar-refractivity contribution in [1.82, 2.24) is 9.44 Å². The Bertz CT molecular complexity index is 408. The van der Waals surface area contributed by atoms with Crippen molar-refractivity contribution in [3.05, 3.63) is 25.3 Å². The van der Waals surface area contributed by atoms with Gasteiger partial charge in [-0.2, -0.15) is 0 Å². The Kier molecular flexibility index (Phi) is 5.33. The summed E-state index contributed by atoms with van der Waals surface area (Å²) in [4.78, 5) is 0. The molecular weight excluding hydrogens is 252 g/mol. The Labute approximate surface area is 96.5 Å². The van der Waals surface area contributed by atoms with E-state index in [1.54, 1.807) is 0 Å². The van der Waals surface area contributed by atoms with Gasteiger partial charge in [0.2, 0.25) is 20.0 Å². The maximum Gasteiger partial charge on any atom is 0.209 e. The fraction of sp³-hybridized carbons (Fsp3) is 0.500. The average molecular weight is 268 g/mol. The summed E-state index contributed by atoms with van der Waals surface area (Å²) in [7, 11) is -6.90. The molecule has 0 spiro atoms. The second-order valence-corrected chi connectivity index (χ2v) is 6.86. The predicted molar refractivity (Wildman–Crippen MR) is 63.9 cm³/mol. The van der Waals surface area contributed by atoms with Crippen LogP contribution in [-0.2, 0) is 20.0 Å². The van der Waals surface area contributed by atoms with E-state index in [0.29, 0.717) is 0 Å². The van der Waals surface area contributed by atoms with Gasteiger partial charge in [0, 0.05) is 0 Å². The molecule has 0 aliphatic rings. The largest absolute Gasteiger partial charge is 0.213 e. The highest BCUT2D eigenvalue weighted by Crippen LogP contribution is 2.00. The van der Waals surface area contributed by atoms with Crippen molar-refractivity contribution in [2.45, 2.75) is 12.1 Å². The summed E-state index contributed by atoms with van der Waals surface area (Å²) < 4.78 is 48.5. The second-order valence-electron chi connectivity index (χ2n) is 3.30. The van der Waals surface area contributed by atoms with Gasteiger partial charge in [0.15, 0.2) is 0 Å². The highest BCUT2D eigenvalue weighted by molar-refractivity contribution is 7.89. The molecule has 0 aliphatic heterocycles. The quantitative estimate of drug-likeness (QED) is 0.591. The molecule has 94 valence electrons. The van der Waals surface area contributed by atoms with Gasteiger partial charge in [-0.15, -0.1) is 13.2 Å². The van der Waals surface area contributed by atoms with E-state index < -0.39 is 32.1 Å². The molecule has 0 bridgehead atoms. The van der Waals surface area contributed by atoms with Crippen LogP contribution in [0.25, 0.3) is 0 Å². The van der Waals surface area contributed by atoms with Crippen LogP contribution in [-0.4, -0.2) is 41.4 Å². The zero-order chi connectivity index (χ0) is 13.0. The SMILES string of the molecule is C=C[C@H](NS(C)(=O)=O)[C@H](C=C)NS(C)(=O)=O. The van der Waals surface area contributed by atoms with Crippen molar-refractivity contribution < 1.29 is 16.8 Å². The number of sulfonamides is 2. The summed E-state index contributed by atoms with van der Waals surface area (Å²) in [6, 6.07) is -1.55. The van der Waals surface area contributed by atoms with Crippen LogP contribution in [0.2, 0.25) is 0 Å². The molecule has 0 rings (SSSR count). The summed E-state index contributed by atoms with van der Waals surface area (Å²) in [5.74, 6) is 0. The summed E-state index contributed by atoms with van der Waals surface area (Å²) in [6.07, 6.45) is 4.55. The highest BCUT2D eigenvalue weighted by Gasteiger charge is 2.21. The molecule has 16 heavy (non-hydrogen) atoms. The third kappa shape index (κ3) is 6.72. The minimum absolute atomic E-state index is 0.776. The van der Waals surface area contributed by atoms with E-state index in [4.69, 9.17) is 0 Å². The lowest BCUT2D eigenvalue weighted by atomic mass is 10.1. The van der Waals surface area contributed by atoms with Crippen LogP contribution >= 0.6 is 0 Å². The molecule has 0 saturated carbocycles. The smallest absolute Gasteiger partial charge is 0.209 e. The predicted octanol–water partition coefficient (Wildman–Crippen LogP) is -0.806. The molecule has 0 heterocycles. The van der Waals surface area contributed by atoms with Gasteiger partial charge in [-0.25, -0.2) is 26.3 Å². The van der Waals surface area contributed by atoms with E-state index >= 15 is 0 Å². The fourth-order valence-corrected chi connectivity index (χ4v) is 2.50. The second kappa shape index (κ2) is 5.58. The summed E-state index contributed by atoms with van der Waals surface area (Å²) in [6.45, 7) is 6.87. The van der Waals surface area contributed by atoms with Crippen molar-refractivity contribution in [3.63, 3.8) is 0 Å². The fourth-order valence-electron chi connectivity index (χ4n) is 1.03. The van der Waals surface area contributed by atoms with E-state index in [9.17, 15) is 16.8 Å². The number of hydrogen-bond acceptors (Lipinski definition) is 4. The van der Waals surface area contributed by atoms with Crippen LogP contribution in [0.1, 0.15) is 0 Å². The van der Waals surface area contributed by atoms with E-state index in [0.717, 1.165) is 12.5 Å². The molecule has 0 aromatic carbocycles. The molecule has 0 fully saturated rings. The standard InChI is InChI=1S/C8H16N2O4S2/c1-5-7(9-15(3,11)12)8(6-2)10-16(4,13)14/h5-10H,1-2H2,3-4H3/t7-,8-/m0/s1. The molecule has 8 heteroatoms. The first kappa shape index (κ1) is 15.3. The van der Waals surface area contributed by atoms with Gasteiger partial charge in [-0.05, 0) is 0 Å². The average Bonchev–Trinajstić information content (AvgIpc) is 2.07. The number of hydrogen-bond donors (Lipinski definition) is 2. The van der Waals surface area contributed by atoms with Crippen LogP contribution in [0, 0.1) is 0 Å². The molecule has 0 aromatic heterocycles. The summed E-state index contributed by atoms with van der Waals surface area (Å²) in [5.41, 5.74) is 0. The Morgan fingerprint density at radius 3 is 1.25 bits per heavy atom. The lowest BCUT2D eigenvalue weighted by Crippen LogP contribution is -2.49. The third-order valence-electron chi connectivity index (χ3n) is 1.60. The summed E-state index contributed by atoms with van der Waals surface area (Å²) >= 11 is 0. The molecule has 6 nitrogen and oxygen atoms in total. The van der Waals surface area contributed by atoms with E-state index in [1.807, 2.05) is 0 Å². The van der Waals surface area contributed by atoms with Crippen LogP contribution in [0.3, 0.4) is 0 Å². The summed E-state index contributed by atoms with van der Waals surface area (Å²) in [5, 5.41) is 0. The molecule has 0 aromatic rings. The Balaban J connectivity index is 4.91. The molecular formula is C8H16N2O4S2. The van der Waals surface area contributed by atoms with E-state index in [1.165, 1.54) is 12.2 Å². The van der Waals surface area contributed by atoms with Gasteiger partial charge in [-0.1, -0.05) is 12.2 Å². The van der Waals surface area contributed by atoms with Gasteiger partial charge in [-0.3, -0.25) is 0 Å². The molecule has 0 aliphatic carbocycles. The first-order chi connectivity index (χ1) is 7.09. The van der Waals surface area contributed by atoms with Gasteiger partial charge in [0.25, 0.3) is 0 Å². The molecule has 0 unspecified atom stereocenters. The third-order valence-corrected chi connectivity index (χ3v) is 3.00. The zero-order valence-corrected chi connectivity index (χ0v) is 10.8. The lowest BCUT2D eigenvalue weighted by Gasteiger charge is -2.21. The normalized spacial score (nSPS) is 16.4. The maximum absolute atomic E-state index is 11.0. The van der Waals surface area contributed by atoms with Crippen molar-refractivity contribution in [2.24, 2.45) is 0 Å². The number of nitrogens with one attached hydrogen (secondary N) is 2. The van der Waals surface area contributed by atoms with Gasteiger partial charge in [0.05, 0.1) is 24.6 Å². The van der Waals surface area contributed by atoms with E-state index in [2.05, 4.69) is 22.6 Å².